The summed E-state index contributed by atoms with van der Waals surface area (Å²) in [6.45, 7) is 5.68. The van der Waals surface area contributed by atoms with E-state index in [-0.39, 0.29) is 0 Å². The summed E-state index contributed by atoms with van der Waals surface area (Å²) >= 11 is 0. The summed E-state index contributed by atoms with van der Waals surface area (Å²) in [4.78, 5) is 2.49. The summed E-state index contributed by atoms with van der Waals surface area (Å²) in [5, 5.41) is 8.84. The van der Waals surface area contributed by atoms with Gasteiger partial charge in [0.15, 0.2) is 0 Å². The van der Waals surface area contributed by atoms with Crippen molar-refractivity contribution in [3.63, 3.8) is 0 Å². The molecule has 1 aliphatic rings. The number of likely N-dealkylation sites (tertiary alicyclic amines) is 1. The second-order valence-electron chi connectivity index (χ2n) is 4.61. The maximum absolute atomic E-state index is 8.84. The van der Waals surface area contributed by atoms with Crippen LogP contribution in [-0.4, -0.2) is 18.0 Å². The number of hydrogen-bond acceptors (Lipinski definition) is 2. The van der Waals surface area contributed by atoms with E-state index in [4.69, 9.17) is 5.26 Å². The average molecular weight is 214 g/mol. The van der Waals surface area contributed by atoms with Gasteiger partial charge in [0.25, 0.3) is 0 Å². The summed E-state index contributed by atoms with van der Waals surface area (Å²) in [5.41, 5.74) is 2.03. The van der Waals surface area contributed by atoms with Gasteiger partial charge in [0, 0.05) is 13.1 Å². The van der Waals surface area contributed by atoms with Gasteiger partial charge in [0.05, 0.1) is 11.6 Å². The van der Waals surface area contributed by atoms with Gasteiger partial charge in [-0.05, 0) is 36.6 Å². The molecule has 0 amide bonds. The molecule has 2 rings (SSSR count). The van der Waals surface area contributed by atoms with E-state index in [1.165, 1.54) is 31.5 Å². The van der Waals surface area contributed by atoms with Crippen molar-refractivity contribution in [3.8, 4) is 6.07 Å². The highest BCUT2D eigenvalue weighted by molar-refractivity contribution is 5.32. The molecule has 1 atom stereocenters. The Morgan fingerprint density at radius 1 is 1.50 bits per heavy atom. The van der Waals surface area contributed by atoms with Gasteiger partial charge in [-0.3, -0.25) is 4.90 Å². The zero-order valence-corrected chi connectivity index (χ0v) is 9.82. The van der Waals surface area contributed by atoms with Crippen molar-refractivity contribution in [3.05, 3.63) is 35.4 Å². The Morgan fingerprint density at radius 3 is 3.06 bits per heavy atom. The van der Waals surface area contributed by atoms with E-state index in [9.17, 15) is 0 Å². The van der Waals surface area contributed by atoms with Gasteiger partial charge in [0.1, 0.15) is 0 Å². The van der Waals surface area contributed by atoms with E-state index in [1.54, 1.807) is 0 Å². The van der Waals surface area contributed by atoms with E-state index < -0.39 is 0 Å². The fourth-order valence-corrected chi connectivity index (χ4v) is 2.39. The van der Waals surface area contributed by atoms with Crippen LogP contribution in [0.5, 0.6) is 0 Å². The lowest BCUT2D eigenvalue weighted by molar-refractivity contribution is 0.315. The first-order valence-electron chi connectivity index (χ1n) is 6.03. The van der Waals surface area contributed by atoms with Crippen molar-refractivity contribution in [1.29, 1.82) is 5.26 Å². The van der Waals surface area contributed by atoms with Gasteiger partial charge in [-0.2, -0.15) is 5.26 Å². The number of hydrogen-bond donors (Lipinski definition) is 0. The minimum Gasteiger partial charge on any atom is -0.299 e. The first kappa shape index (κ1) is 11.2. The minimum atomic E-state index is 0.767. The molecule has 2 heteroatoms. The molecule has 1 heterocycles. The van der Waals surface area contributed by atoms with Crippen LogP contribution in [0.1, 0.15) is 30.9 Å². The van der Waals surface area contributed by atoms with Crippen LogP contribution in [0, 0.1) is 17.2 Å². The Balaban J connectivity index is 1.97. The molecule has 0 saturated carbocycles. The van der Waals surface area contributed by atoms with Gasteiger partial charge in [-0.1, -0.05) is 25.5 Å². The summed E-state index contributed by atoms with van der Waals surface area (Å²) in [7, 11) is 0. The molecule has 84 valence electrons. The van der Waals surface area contributed by atoms with Crippen LogP contribution >= 0.6 is 0 Å². The van der Waals surface area contributed by atoms with Crippen molar-refractivity contribution < 1.29 is 0 Å². The zero-order valence-electron chi connectivity index (χ0n) is 9.82. The number of benzene rings is 1. The van der Waals surface area contributed by atoms with Crippen LogP contribution in [0.2, 0.25) is 0 Å². The normalized spacial score (nSPS) is 20.9. The SMILES string of the molecule is CCC1CCN(Cc2cccc(C#N)c2)C1. The Morgan fingerprint density at radius 2 is 2.38 bits per heavy atom. The lowest BCUT2D eigenvalue weighted by Gasteiger charge is -2.15. The van der Waals surface area contributed by atoms with Gasteiger partial charge in [-0.15, -0.1) is 0 Å². The fraction of sp³-hybridized carbons (Fsp3) is 0.500. The smallest absolute Gasteiger partial charge is 0.0991 e. The first-order chi connectivity index (χ1) is 7.81. The predicted molar refractivity (Wildman–Crippen MR) is 64.8 cm³/mol. The zero-order chi connectivity index (χ0) is 11.4. The molecule has 2 nitrogen and oxygen atoms in total. The second-order valence-corrected chi connectivity index (χ2v) is 4.61. The van der Waals surface area contributed by atoms with Gasteiger partial charge in [-0.25, -0.2) is 0 Å². The molecule has 1 aromatic carbocycles. The standard InChI is InChI=1S/C14H18N2/c1-2-12-6-7-16(10-12)11-14-5-3-4-13(8-14)9-15/h3-5,8,12H,2,6-7,10-11H2,1H3. The number of rotatable bonds is 3. The topological polar surface area (TPSA) is 27.0 Å². The third kappa shape index (κ3) is 2.62. The van der Waals surface area contributed by atoms with Crippen molar-refractivity contribution in [1.82, 2.24) is 4.90 Å². The minimum absolute atomic E-state index is 0.767. The Labute approximate surface area is 97.5 Å². The molecule has 1 saturated heterocycles. The Bertz CT molecular complexity index is 392. The van der Waals surface area contributed by atoms with Crippen LogP contribution < -0.4 is 0 Å². The highest BCUT2D eigenvalue weighted by atomic mass is 15.1. The second kappa shape index (κ2) is 5.14. The van der Waals surface area contributed by atoms with Crippen molar-refractivity contribution in [2.75, 3.05) is 13.1 Å². The van der Waals surface area contributed by atoms with Crippen LogP contribution in [0.4, 0.5) is 0 Å². The van der Waals surface area contributed by atoms with Gasteiger partial charge < -0.3 is 0 Å². The molecule has 1 fully saturated rings. The molecular formula is C14H18N2. The lowest BCUT2D eigenvalue weighted by Crippen LogP contribution is -2.19. The van der Waals surface area contributed by atoms with Crippen molar-refractivity contribution >= 4 is 0 Å². The molecule has 0 N–H and O–H groups in total. The fourth-order valence-electron chi connectivity index (χ4n) is 2.39. The molecule has 1 aliphatic heterocycles. The van der Waals surface area contributed by atoms with Gasteiger partial charge >= 0.3 is 0 Å². The van der Waals surface area contributed by atoms with Crippen LogP contribution in [-0.2, 0) is 6.54 Å². The molecule has 16 heavy (non-hydrogen) atoms. The highest BCUT2D eigenvalue weighted by Gasteiger charge is 2.20. The quantitative estimate of drug-likeness (QED) is 0.773. The van der Waals surface area contributed by atoms with Crippen molar-refractivity contribution in [2.24, 2.45) is 5.92 Å². The maximum Gasteiger partial charge on any atom is 0.0991 e. The molecule has 1 unspecified atom stereocenters. The molecular weight excluding hydrogens is 196 g/mol. The van der Waals surface area contributed by atoms with Crippen LogP contribution in [0.25, 0.3) is 0 Å². The third-order valence-corrected chi connectivity index (χ3v) is 3.41. The predicted octanol–water partition coefficient (Wildman–Crippen LogP) is 2.79. The van der Waals surface area contributed by atoms with E-state index in [0.29, 0.717) is 0 Å². The monoisotopic (exact) mass is 214 g/mol. The molecule has 0 aromatic heterocycles. The Kier molecular flexibility index (Phi) is 3.58. The lowest BCUT2D eigenvalue weighted by atomic mass is 10.1. The molecule has 0 aliphatic carbocycles. The van der Waals surface area contributed by atoms with Gasteiger partial charge in [0.2, 0.25) is 0 Å². The number of nitriles is 1. The van der Waals surface area contributed by atoms with E-state index in [1.807, 2.05) is 18.2 Å². The summed E-state index contributed by atoms with van der Waals surface area (Å²) < 4.78 is 0. The summed E-state index contributed by atoms with van der Waals surface area (Å²) in [6, 6.07) is 10.1. The molecule has 0 bridgehead atoms. The molecule has 0 spiro atoms. The first-order valence-corrected chi connectivity index (χ1v) is 6.03. The number of nitrogens with zero attached hydrogens (tertiary/aromatic N) is 2. The van der Waals surface area contributed by atoms with E-state index >= 15 is 0 Å². The van der Waals surface area contributed by atoms with E-state index in [0.717, 1.165) is 18.0 Å². The molecule has 1 aromatic rings. The van der Waals surface area contributed by atoms with Crippen LogP contribution in [0.3, 0.4) is 0 Å². The highest BCUT2D eigenvalue weighted by Crippen LogP contribution is 2.21. The maximum atomic E-state index is 8.84. The Hall–Kier alpha value is -1.33. The summed E-state index contributed by atoms with van der Waals surface area (Å²) in [6.07, 6.45) is 2.61. The van der Waals surface area contributed by atoms with E-state index in [2.05, 4.69) is 24.0 Å². The largest absolute Gasteiger partial charge is 0.299 e. The summed E-state index contributed by atoms with van der Waals surface area (Å²) in [5.74, 6) is 0.874. The van der Waals surface area contributed by atoms with Crippen LogP contribution in [0.15, 0.2) is 24.3 Å². The third-order valence-electron chi connectivity index (χ3n) is 3.41. The van der Waals surface area contributed by atoms with Crippen molar-refractivity contribution in [2.45, 2.75) is 26.3 Å². The average Bonchev–Trinajstić information content (AvgIpc) is 2.77. The molecule has 0 radical (unpaired) electrons.